The number of ether oxygens (including phenoxy) is 1. The lowest BCUT2D eigenvalue weighted by molar-refractivity contribution is -0.138. The number of rotatable bonds is 6. The van der Waals surface area contributed by atoms with Crippen LogP contribution in [0.2, 0.25) is 0 Å². The molecule has 96 valence electrons. The van der Waals surface area contributed by atoms with Crippen LogP contribution in [0.1, 0.15) is 5.56 Å². The van der Waals surface area contributed by atoms with E-state index in [2.05, 4.69) is 21.9 Å². The standard InChI is InChI=1S/C13H14BrNO3/c1-3-6-15(9-13(16)17)8-10-7-11(18-2)4-5-12(10)14/h1,4-5,7H,6,8-9H2,2H3,(H,16,17). The molecule has 0 spiro atoms. The number of carbonyl (C=O) groups is 1. The molecular weight excluding hydrogens is 298 g/mol. The minimum Gasteiger partial charge on any atom is -0.497 e. The Morgan fingerprint density at radius 3 is 2.89 bits per heavy atom. The number of nitrogens with zero attached hydrogens (tertiary/aromatic N) is 1. The monoisotopic (exact) mass is 311 g/mol. The van der Waals surface area contributed by atoms with Gasteiger partial charge < -0.3 is 9.84 Å². The average Bonchev–Trinajstić information content (AvgIpc) is 2.31. The van der Waals surface area contributed by atoms with Crippen molar-refractivity contribution in [1.82, 2.24) is 4.90 Å². The molecule has 1 rings (SSSR count). The van der Waals surface area contributed by atoms with Crippen LogP contribution in [0.4, 0.5) is 0 Å². The Balaban J connectivity index is 2.85. The van der Waals surface area contributed by atoms with Crippen molar-refractivity contribution >= 4 is 21.9 Å². The highest BCUT2D eigenvalue weighted by molar-refractivity contribution is 9.10. The van der Waals surface area contributed by atoms with Crippen LogP contribution in [-0.2, 0) is 11.3 Å². The maximum atomic E-state index is 10.7. The normalized spacial score (nSPS) is 10.1. The van der Waals surface area contributed by atoms with Crippen LogP contribution >= 0.6 is 15.9 Å². The molecule has 0 fully saturated rings. The number of methoxy groups -OCH3 is 1. The third-order valence-electron chi connectivity index (χ3n) is 2.32. The van der Waals surface area contributed by atoms with Crippen LogP contribution < -0.4 is 4.74 Å². The van der Waals surface area contributed by atoms with E-state index in [0.29, 0.717) is 6.54 Å². The van der Waals surface area contributed by atoms with E-state index in [4.69, 9.17) is 16.3 Å². The first kappa shape index (κ1) is 14.6. The molecule has 0 saturated carbocycles. The van der Waals surface area contributed by atoms with Crippen molar-refractivity contribution in [2.75, 3.05) is 20.2 Å². The van der Waals surface area contributed by atoms with E-state index >= 15 is 0 Å². The lowest BCUT2D eigenvalue weighted by atomic mass is 10.2. The molecule has 0 amide bonds. The first-order chi connectivity index (χ1) is 8.56. The summed E-state index contributed by atoms with van der Waals surface area (Å²) in [5, 5.41) is 8.81. The summed E-state index contributed by atoms with van der Waals surface area (Å²) < 4.78 is 6.04. The predicted octanol–water partition coefficient (Wildman–Crippen LogP) is 1.98. The number of hydrogen-bond acceptors (Lipinski definition) is 3. The van der Waals surface area contributed by atoms with Gasteiger partial charge in [-0.25, -0.2) is 0 Å². The van der Waals surface area contributed by atoms with Gasteiger partial charge in [0.25, 0.3) is 0 Å². The van der Waals surface area contributed by atoms with Gasteiger partial charge in [-0.15, -0.1) is 6.42 Å². The van der Waals surface area contributed by atoms with Gasteiger partial charge in [-0.05, 0) is 23.8 Å². The molecule has 0 aliphatic carbocycles. The van der Waals surface area contributed by atoms with E-state index < -0.39 is 5.97 Å². The van der Waals surface area contributed by atoms with Crippen molar-refractivity contribution in [3.8, 4) is 18.1 Å². The van der Waals surface area contributed by atoms with Crippen molar-refractivity contribution < 1.29 is 14.6 Å². The average molecular weight is 312 g/mol. The first-order valence-corrected chi connectivity index (χ1v) is 6.06. The van der Waals surface area contributed by atoms with Gasteiger partial charge in [0.1, 0.15) is 5.75 Å². The second kappa shape index (κ2) is 7.04. The number of terminal acetylenes is 1. The van der Waals surface area contributed by atoms with E-state index in [0.717, 1.165) is 15.8 Å². The third kappa shape index (κ3) is 4.40. The predicted molar refractivity (Wildman–Crippen MR) is 72.4 cm³/mol. The zero-order valence-corrected chi connectivity index (χ0v) is 11.6. The molecule has 0 aromatic heterocycles. The fraction of sp³-hybridized carbons (Fsp3) is 0.308. The zero-order chi connectivity index (χ0) is 13.5. The fourth-order valence-corrected chi connectivity index (χ4v) is 1.90. The van der Waals surface area contributed by atoms with Crippen LogP contribution in [0, 0.1) is 12.3 Å². The summed E-state index contributed by atoms with van der Waals surface area (Å²) in [5.74, 6) is 2.28. The quantitative estimate of drug-likeness (QED) is 0.816. The highest BCUT2D eigenvalue weighted by Gasteiger charge is 2.11. The Kier molecular flexibility index (Phi) is 5.69. The van der Waals surface area contributed by atoms with Crippen molar-refractivity contribution in [3.05, 3.63) is 28.2 Å². The molecule has 0 saturated heterocycles. The topological polar surface area (TPSA) is 49.8 Å². The Labute approximate surface area is 115 Å². The number of aliphatic carboxylic acids is 1. The molecule has 0 aliphatic rings. The molecule has 1 N–H and O–H groups in total. The molecule has 0 unspecified atom stereocenters. The molecule has 0 atom stereocenters. The van der Waals surface area contributed by atoms with E-state index in [-0.39, 0.29) is 13.1 Å². The SMILES string of the molecule is C#CCN(CC(=O)O)Cc1cc(OC)ccc1Br. The molecule has 0 aliphatic heterocycles. The Morgan fingerprint density at radius 1 is 1.61 bits per heavy atom. The van der Waals surface area contributed by atoms with Crippen LogP contribution in [0.3, 0.4) is 0 Å². The maximum absolute atomic E-state index is 10.7. The second-order valence-corrected chi connectivity index (χ2v) is 4.55. The van der Waals surface area contributed by atoms with Gasteiger partial charge in [-0.3, -0.25) is 9.69 Å². The van der Waals surface area contributed by atoms with Gasteiger partial charge in [0, 0.05) is 11.0 Å². The van der Waals surface area contributed by atoms with Gasteiger partial charge >= 0.3 is 5.97 Å². The summed E-state index contributed by atoms with van der Waals surface area (Å²) in [6, 6.07) is 5.55. The summed E-state index contributed by atoms with van der Waals surface area (Å²) >= 11 is 3.42. The number of halogens is 1. The molecule has 18 heavy (non-hydrogen) atoms. The van der Waals surface area contributed by atoms with Crippen LogP contribution in [0.5, 0.6) is 5.75 Å². The lowest BCUT2D eigenvalue weighted by Gasteiger charge is -2.18. The molecule has 0 radical (unpaired) electrons. The van der Waals surface area contributed by atoms with Crippen LogP contribution in [0.15, 0.2) is 22.7 Å². The third-order valence-corrected chi connectivity index (χ3v) is 3.09. The molecule has 5 heteroatoms. The van der Waals surface area contributed by atoms with Gasteiger partial charge in [0.2, 0.25) is 0 Å². The fourth-order valence-electron chi connectivity index (χ4n) is 1.53. The van der Waals surface area contributed by atoms with Crippen molar-refractivity contribution in [2.45, 2.75) is 6.54 Å². The van der Waals surface area contributed by atoms with Crippen molar-refractivity contribution in [3.63, 3.8) is 0 Å². The van der Waals surface area contributed by atoms with Crippen molar-refractivity contribution in [1.29, 1.82) is 0 Å². The van der Waals surface area contributed by atoms with Gasteiger partial charge in [0.15, 0.2) is 0 Å². The van der Waals surface area contributed by atoms with E-state index in [1.807, 2.05) is 18.2 Å². The smallest absolute Gasteiger partial charge is 0.317 e. The summed E-state index contributed by atoms with van der Waals surface area (Å²) in [5.41, 5.74) is 0.936. The molecule has 4 nitrogen and oxygen atoms in total. The summed E-state index contributed by atoms with van der Waals surface area (Å²) in [7, 11) is 1.59. The van der Waals surface area contributed by atoms with E-state index in [1.165, 1.54) is 0 Å². The minimum absolute atomic E-state index is 0.0894. The van der Waals surface area contributed by atoms with Crippen molar-refractivity contribution in [2.24, 2.45) is 0 Å². The Morgan fingerprint density at radius 2 is 2.33 bits per heavy atom. The molecule has 0 bridgehead atoms. The van der Waals surface area contributed by atoms with Crippen LogP contribution in [-0.4, -0.2) is 36.2 Å². The lowest BCUT2D eigenvalue weighted by Crippen LogP contribution is -2.29. The van der Waals surface area contributed by atoms with Gasteiger partial charge in [-0.2, -0.15) is 0 Å². The highest BCUT2D eigenvalue weighted by atomic mass is 79.9. The molecular formula is C13H14BrNO3. The summed E-state index contributed by atoms with van der Waals surface area (Å²) in [6.45, 7) is 0.651. The maximum Gasteiger partial charge on any atom is 0.317 e. The number of carboxylic acids is 1. The highest BCUT2D eigenvalue weighted by Crippen LogP contribution is 2.23. The summed E-state index contributed by atoms with van der Waals surface area (Å²) in [4.78, 5) is 12.4. The number of benzene rings is 1. The summed E-state index contributed by atoms with van der Waals surface area (Å²) in [6.07, 6.45) is 5.23. The van der Waals surface area contributed by atoms with Gasteiger partial charge in [0.05, 0.1) is 20.2 Å². The Hall–Kier alpha value is -1.51. The Bertz CT molecular complexity index is 468. The number of hydrogen-bond donors (Lipinski definition) is 1. The largest absolute Gasteiger partial charge is 0.497 e. The first-order valence-electron chi connectivity index (χ1n) is 5.27. The molecule has 1 aromatic rings. The minimum atomic E-state index is -0.899. The van der Waals surface area contributed by atoms with Crippen LogP contribution in [0.25, 0.3) is 0 Å². The zero-order valence-electron chi connectivity index (χ0n) is 10.0. The van der Waals surface area contributed by atoms with Gasteiger partial charge in [-0.1, -0.05) is 21.9 Å². The second-order valence-electron chi connectivity index (χ2n) is 3.70. The van der Waals surface area contributed by atoms with E-state index in [9.17, 15) is 4.79 Å². The van der Waals surface area contributed by atoms with E-state index in [1.54, 1.807) is 12.0 Å². The molecule has 1 aromatic carbocycles. The number of carboxylic acid groups (broad SMARTS) is 1. The molecule has 0 heterocycles.